The van der Waals surface area contributed by atoms with E-state index in [2.05, 4.69) is 10.2 Å². The Labute approximate surface area is 109 Å². The summed E-state index contributed by atoms with van der Waals surface area (Å²) in [6.45, 7) is 9.07. The van der Waals surface area contributed by atoms with Crippen LogP contribution >= 0.6 is 0 Å². The third-order valence-electron chi connectivity index (χ3n) is 3.60. The van der Waals surface area contributed by atoms with Crippen LogP contribution in [-0.2, 0) is 0 Å². The van der Waals surface area contributed by atoms with Crippen molar-refractivity contribution < 1.29 is 4.79 Å². The topological polar surface area (TPSA) is 32.3 Å². The summed E-state index contributed by atoms with van der Waals surface area (Å²) in [4.78, 5) is 14.8. The number of carbonyl (C=O) groups is 1. The molecule has 0 bridgehead atoms. The van der Waals surface area contributed by atoms with Crippen molar-refractivity contribution in [3.63, 3.8) is 0 Å². The van der Waals surface area contributed by atoms with Crippen LogP contribution in [0.4, 0.5) is 0 Å². The maximum Gasteiger partial charge on any atom is 0.167 e. The number of hydrogen-bond donors (Lipinski definition) is 1. The molecule has 1 saturated heterocycles. The molecule has 0 spiro atoms. The minimum absolute atomic E-state index is 0.0733. The van der Waals surface area contributed by atoms with E-state index in [1.165, 1.54) is 0 Å². The van der Waals surface area contributed by atoms with Crippen LogP contribution in [-0.4, -0.2) is 43.4 Å². The highest BCUT2D eigenvalue weighted by atomic mass is 16.1. The third-order valence-corrected chi connectivity index (χ3v) is 3.60. The van der Waals surface area contributed by atoms with Gasteiger partial charge in [0.25, 0.3) is 0 Å². The molecule has 2 rings (SSSR count). The minimum atomic E-state index is 0.0733. The summed E-state index contributed by atoms with van der Waals surface area (Å²) in [6, 6.07) is 7.86. The Balaban J connectivity index is 1.98. The van der Waals surface area contributed by atoms with Gasteiger partial charge in [-0.25, -0.2) is 0 Å². The number of piperazine rings is 1. The van der Waals surface area contributed by atoms with Crippen LogP contribution < -0.4 is 5.32 Å². The zero-order chi connectivity index (χ0) is 13.0. The first-order valence-corrected chi connectivity index (χ1v) is 6.71. The molecule has 0 amide bonds. The molecular weight excluding hydrogens is 224 g/mol. The highest BCUT2D eigenvalue weighted by Gasteiger charge is 2.20. The maximum atomic E-state index is 12.4. The summed E-state index contributed by atoms with van der Waals surface area (Å²) < 4.78 is 0. The highest BCUT2D eigenvalue weighted by molar-refractivity contribution is 5.99. The smallest absolute Gasteiger partial charge is 0.167 e. The first kappa shape index (κ1) is 13.2. The number of rotatable bonds is 4. The van der Waals surface area contributed by atoms with Gasteiger partial charge in [0.15, 0.2) is 5.78 Å². The van der Waals surface area contributed by atoms with Gasteiger partial charge in [0.2, 0.25) is 0 Å². The number of hydrogen-bond acceptors (Lipinski definition) is 3. The van der Waals surface area contributed by atoms with Gasteiger partial charge in [-0.3, -0.25) is 4.79 Å². The second-order valence-electron chi connectivity index (χ2n) is 5.13. The third kappa shape index (κ3) is 3.18. The number of benzene rings is 1. The van der Waals surface area contributed by atoms with Gasteiger partial charge < -0.3 is 10.2 Å². The highest BCUT2D eigenvalue weighted by Crippen LogP contribution is 2.14. The van der Waals surface area contributed by atoms with Crippen molar-refractivity contribution in [2.24, 2.45) is 5.92 Å². The summed E-state index contributed by atoms with van der Waals surface area (Å²) >= 11 is 0. The van der Waals surface area contributed by atoms with Crippen molar-refractivity contribution in [2.75, 3.05) is 32.7 Å². The fraction of sp³-hybridized carbons (Fsp3) is 0.533. The molecular formula is C15H22N2O. The van der Waals surface area contributed by atoms with Crippen molar-refractivity contribution in [3.05, 3.63) is 35.4 Å². The Morgan fingerprint density at radius 2 is 2.00 bits per heavy atom. The van der Waals surface area contributed by atoms with Gasteiger partial charge in [0, 0.05) is 44.2 Å². The lowest BCUT2D eigenvalue weighted by molar-refractivity contribution is 0.0887. The average Bonchev–Trinajstić information content (AvgIpc) is 2.39. The number of ketones is 1. The van der Waals surface area contributed by atoms with Crippen LogP contribution in [0.5, 0.6) is 0 Å². The Bertz CT molecular complexity index is 411. The van der Waals surface area contributed by atoms with Gasteiger partial charge in [-0.1, -0.05) is 31.2 Å². The normalized spacial score (nSPS) is 18.6. The Kier molecular flexibility index (Phi) is 4.50. The van der Waals surface area contributed by atoms with Crippen molar-refractivity contribution in [1.29, 1.82) is 0 Å². The van der Waals surface area contributed by atoms with E-state index < -0.39 is 0 Å². The Hall–Kier alpha value is -1.19. The Morgan fingerprint density at radius 1 is 1.33 bits per heavy atom. The van der Waals surface area contributed by atoms with Gasteiger partial charge in [0.1, 0.15) is 0 Å². The lowest BCUT2D eigenvalue weighted by atomic mass is 9.95. The molecule has 0 aliphatic carbocycles. The van der Waals surface area contributed by atoms with Crippen LogP contribution in [0.25, 0.3) is 0 Å². The summed E-state index contributed by atoms with van der Waals surface area (Å²) in [5, 5.41) is 3.33. The van der Waals surface area contributed by atoms with E-state index in [0.29, 0.717) is 0 Å². The number of nitrogens with one attached hydrogen (secondary N) is 1. The van der Waals surface area contributed by atoms with E-state index in [1.807, 2.05) is 38.1 Å². The fourth-order valence-electron chi connectivity index (χ4n) is 2.48. The first-order chi connectivity index (χ1) is 8.68. The monoisotopic (exact) mass is 246 g/mol. The molecule has 1 fully saturated rings. The number of nitrogens with zero attached hydrogens (tertiary/aromatic N) is 1. The van der Waals surface area contributed by atoms with E-state index in [9.17, 15) is 4.79 Å². The van der Waals surface area contributed by atoms with Gasteiger partial charge >= 0.3 is 0 Å². The maximum absolute atomic E-state index is 12.4. The van der Waals surface area contributed by atoms with Gasteiger partial charge in [-0.2, -0.15) is 0 Å². The molecule has 98 valence electrons. The molecule has 3 heteroatoms. The quantitative estimate of drug-likeness (QED) is 0.821. The van der Waals surface area contributed by atoms with E-state index >= 15 is 0 Å². The zero-order valence-corrected chi connectivity index (χ0v) is 11.3. The second-order valence-corrected chi connectivity index (χ2v) is 5.13. The van der Waals surface area contributed by atoms with E-state index in [4.69, 9.17) is 0 Å². The largest absolute Gasteiger partial charge is 0.314 e. The summed E-state index contributed by atoms with van der Waals surface area (Å²) in [7, 11) is 0. The summed E-state index contributed by atoms with van der Waals surface area (Å²) in [5.74, 6) is 0.343. The Morgan fingerprint density at radius 3 is 2.67 bits per heavy atom. The molecule has 1 aromatic rings. The van der Waals surface area contributed by atoms with Crippen LogP contribution in [0, 0.1) is 12.8 Å². The lowest BCUT2D eigenvalue weighted by Crippen LogP contribution is -2.45. The van der Waals surface area contributed by atoms with Crippen molar-refractivity contribution in [2.45, 2.75) is 13.8 Å². The van der Waals surface area contributed by atoms with E-state index in [0.717, 1.165) is 43.9 Å². The fourth-order valence-corrected chi connectivity index (χ4v) is 2.48. The zero-order valence-electron chi connectivity index (χ0n) is 11.3. The van der Waals surface area contributed by atoms with Crippen LogP contribution in [0.1, 0.15) is 22.8 Å². The second kappa shape index (κ2) is 6.12. The lowest BCUT2D eigenvalue weighted by Gasteiger charge is -2.29. The van der Waals surface area contributed by atoms with Crippen LogP contribution in [0.3, 0.4) is 0 Å². The standard InChI is InChI=1S/C15H22N2O/c1-12-5-3-4-6-14(12)15(18)13(2)11-17-9-7-16-8-10-17/h3-6,13,16H,7-11H2,1-2H3. The number of carbonyl (C=O) groups excluding carboxylic acids is 1. The minimum Gasteiger partial charge on any atom is -0.314 e. The van der Waals surface area contributed by atoms with E-state index in [1.54, 1.807) is 0 Å². The molecule has 1 heterocycles. The summed E-state index contributed by atoms with van der Waals surface area (Å²) in [6.07, 6.45) is 0. The summed E-state index contributed by atoms with van der Waals surface area (Å²) in [5.41, 5.74) is 1.95. The SMILES string of the molecule is Cc1ccccc1C(=O)C(C)CN1CCNCC1. The van der Waals surface area contributed by atoms with Gasteiger partial charge in [-0.05, 0) is 12.5 Å². The molecule has 18 heavy (non-hydrogen) atoms. The molecule has 1 aromatic carbocycles. The molecule has 3 nitrogen and oxygen atoms in total. The van der Waals surface area contributed by atoms with Crippen molar-refractivity contribution in [3.8, 4) is 0 Å². The molecule has 0 aromatic heterocycles. The van der Waals surface area contributed by atoms with Crippen molar-refractivity contribution in [1.82, 2.24) is 10.2 Å². The predicted molar refractivity (Wildman–Crippen MR) is 74.0 cm³/mol. The molecule has 0 saturated carbocycles. The molecule has 1 aliphatic rings. The van der Waals surface area contributed by atoms with Gasteiger partial charge in [0.05, 0.1) is 0 Å². The average molecular weight is 246 g/mol. The molecule has 0 radical (unpaired) electrons. The first-order valence-electron chi connectivity index (χ1n) is 6.71. The van der Waals surface area contributed by atoms with Crippen LogP contribution in [0.15, 0.2) is 24.3 Å². The molecule has 1 atom stereocenters. The van der Waals surface area contributed by atoms with E-state index in [-0.39, 0.29) is 11.7 Å². The van der Waals surface area contributed by atoms with Gasteiger partial charge in [-0.15, -0.1) is 0 Å². The van der Waals surface area contributed by atoms with Crippen molar-refractivity contribution >= 4 is 5.78 Å². The predicted octanol–water partition coefficient (Wildman–Crippen LogP) is 1.72. The number of Topliss-reactive ketones (excluding diaryl/α,β-unsaturated/α-hetero) is 1. The molecule has 1 aliphatic heterocycles. The molecule has 1 N–H and O–H groups in total. The number of aryl methyl sites for hydroxylation is 1. The molecule has 1 unspecified atom stereocenters. The van der Waals surface area contributed by atoms with Crippen LogP contribution in [0.2, 0.25) is 0 Å².